The monoisotopic (exact) mass is 185 g/mol. The van der Waals surface area contributed by atoms with Gasteiger partial charge >= 0.3 is 0 Å². The third-order valence-corrected chi connectivity index (χ3v) is 2.81. The molecule has 1 aliphatic carbocycles. The molecule has 1 saturated carbocycles. The van der Waals surface area contributed by atoms with Crippen molar-refractivity contribution >= 4 is 0 Å². The number of aliphatic hydroxyl groups is 3. The topological polar surface area (TPSA) is 93.7 Å². The van der Waals surface area contributed by atoms with E-state index in [1.165, 1.54) is 0 Å². The van der Waals surface area contributed by atoms with Gasteiger partial charge in [0.05, 0.1) is 18.3 Å². The lowest BCUT2D eigenvalue weighted by Crippen LogP contribution is -2.49. The molecule has 5 heteroatoms. The molecule has 0 radical (unpaired) electrons. The van der Waals surface area contributed by atoms with E-state index < -0.39 is 30.0 Å². The summed E-state index contributed by atoms with van der Waals surface area (Å²) in [4.78, 5) is 0. The van der Waals surface area contributed by atoms with Gasteiger partial charge in [0.2, 0.25) is 0 Å². The quantitative estimate of drug-likeness (QED) is 0.428. The Kier molecular flexibility index (Phi) is 1.82. The first kappa shape index (κ1) is 8.91. The Morgan fingerprint density at radius 3 is 2.69 bits per heavy atom. The zero-order chi connectivity index (χ0) is 9.64. The van der Waals surface area contributed by atoms with Crippen LogP contribution < -0.4 is 0 Å². The third-order valence-electron chi connectivity index (χ3n) is 2.81. The molecule has 0 aromatic carbocycles. The molecule has 5 nitrogen and oxygen atoms in total. The van der Waals surface area contributed by atoms with Gasteiger partial charge in [-0.05, 0) is 0 Å². The van der Waals surface area contributed by atoms with Gasteiger partial charge < -0.3 is 20.1 Å². The normalized spacial score (nSPS) is 54.6. The van der Waals surface area contributed by atoms with Crippen molar-refractivity contribution in [2.75, 3.05) is 0 Å². The van der Waals surface area contributed by atoms with Crippen molar-refractivity contribution in [2.45, 2.75) is 42.9 Å². The number of nitriles is 1. The standard InChI is InChI=1S/C8H11NO4/c9-3-6-8(12)1-4(10)7(11)5(2-8)13-6/h4-7,10-12H,1-2H2/t4-,5-,6?,7-,8?/m1/s1. The Bertz CT molecular complexity index is 263. The van der Waals surface area contributed by atoms with Crippen LogP contribution in [0.25, 0.3) is 0 Å². The van der Waals surface area contributed by atoms with Gasteiger partial charge in [0.15, 0.2) is 6.10 Å². The number of hydrogen-bond donors (Lipinski definition) is 3. The minimum absolute atomic E-state index is 0.00287. The van der Waals surface area contributed by atoms with Gasteiger partial charge in [-0.2, -0.15) is 5.26 Å². The number of fused-ring (bicyclic) bond motifs is 2. The molecule has 0 amide bonds. The smallest absolute Gasteiger partial charge is 0.173 e. The summed E-state index contributed by atoms with van der Waals surface area (Å²) in [5, 5.41) is 37.2. The van der Waals surface area contributed by atoms with Crippen LogP contribution in [0.4, 0.5) is 0 Å². The van der Waals surface area contributed by atoms with Crippen molar-refractivity contribution in [1.29, 1.82) is 5.26 Å². The van der Waals surface area contributed by atoms with Gasteiger partial charge in [0.25, 0.3) is 0 Å². The lowest BCUT2D eigenvalue weighted by molar-refractivity contribution is -0.0926. The summed E-state index contributed by atoms with van der Waals surface area (Å²) in [6.45, 7) is 0. The molecule has 2 aliphatic rings. The minimum atomic E-state index is -1.28. The first-order valence-electron chi connectivity index (χ1n) is 4.20. The Labute approximate surface area is 75.2 Å². The molecule has 1 saturated heterocycles. The van der Waals surface area contributed by atoms with Crippen LogP contribution in [-0.2, 0) is 4.74 Å². The summed E-state index contributed by atoms with van der Waals surface area (Å²) in [6, 6.07) is 1.82. The Morgan fingerprint density at radius 2 is 2.08 bits per heavy atom. The fourth-order valence-electron chi connectivity index (χ4n) is 2.08. The van der Waals surface area contributed by atoms with Crippen LogP contribution in [-0.4, -0.2) is 45.3 Å². The van der Waals surface area contributed by atoms with Crippen molar-refractivity contribution in [2.24, 2.45) is 0 Å². The molecule has 72 valence electrons. The molecular weight excluding hydrogens is 174 g/mol. The van der Waals surface area contributed by atoms with Crippen molar-refractivity contribution in [3.63, 3.8) is 0 Å². The lowest BCUT2D eigenvalue weighted by atomic mass is 9.80. The van der Waals surface area contributed by atoms with Gasteiger partial charge in [-0.1, -0.05) is 0 Å². The summed E-state index contributed by atoms with van der Waals surface area (Å²) in [5.41, 5.74) is -1.28. The van der Waals surface area contributed by atoms with Crippen molar-refractivity contribution in [1.82, 2.24) is 0 Å². The molecule has 2 rings (SSSR count). The van der Waals surface area contributed by atoms with Gasteiger partial charge in [0, 0.05) is 12.8 Å². The number of nitrogens with zero attached hydrogens (tertiary/aromatic N) is 1. The molecule has 0 aromatic heterocycles. The molecule has 2 unspecified atom stereocenters. The predicted octanol–water partition coefficient (Wildman–Crippen LogP) is -1.48. The van der Waals surface area contributed by atoms with E-state index in [0.717, 1.165) is 0 Å². The van der Waals surface area contributed by atoms with Gasteiger partial charge in [-0.25, -0.2) is 0 Å². The maximum atomic E-state index is 9.85. The number of hydrogen-bond acceptors (Lipinski definition) is 5. The van der Waals surface area contributed by atoms with E-state index in [-0.39, 0.29) is 12.8 Å². The maximum Gasteiger partial charge on any atom is 0.173 e. The van der Waals surface area contributed by atoms with Crippen LogP contribution in [0.2, 0.25) is 0 Å². The fraction of sp³-hybridized carbons (Fsp3) is 0.875. The molecule has 2 fully saturated rings. The summed E-state index contributed by atoms with van der Waals surface area (Å²) < 4.78 is 5.10. The van der Waals surface area contributed by atoms with Gasteiger partial charge in [0.1, 0.15) is 11.7 Å². The van der Waals surface area contributed by atoms with Crippen molar-refractivity contribution < 1.29 is 20.1 Å². The van der Waals surface area contributed by atoms with E-state index >= 15 is 0 Å². The molecular formula is C8H11NO4. The highest BCUT2D eigenvalue weighted by atomic mass is 16.5. The second-order valence-corrected chi connectivity index (χ2v) is 3.75. The Hall–Kier alpha value is -0.670. The van der Waals surface area contributed by atoms with E-state index in [4.69, 9.17) is 10.00 Å². The van der Waals surface area contributed by atoms with Crippen molar-refractivity contribution in [3.05, 3.63) is 0 Å². The number of aliphatic hydroxyl groups excluding tert-OH is 2. The van der Waals surface area contributed by atoms with Crippen LogP contribution in [0.5, 0.6) is 0 Å². The van der Waals surface area contributed by atoms with Crippen LogP contribution in [0.1, 0.15) is 12.8 Å². The SMILES string of the molecule is N#CC1O[C@@H]2CC1(O)C[C@@H](O)[C@H]2O. The second kappa shape index (κ2) is 2.66. The first-order chi connectivity index (χ1) is 6.07. The predicted molar refractivity (Wildman–Crippen MR) is 40.5 cm³/mol. The lowest BCUT2D eigenvalue weighted by Gasteiger charge is -2.32. The zero-order valence-corrected chi connectivity index (χ0v) is 6.92. The first-order valence-corrected chi connectivity index (χ1v) is 4.20. The Balaban J connectivity index is 2.26. The fourth-order valence-corrected chi connectivity index (χ4v) is 2.08. The number of rotatable bonds is 0. The average molecular weight is 185 g/mol. The highest BCUT2D eigenvalue weighted by Crippen LogP contribution is 2.41. The molecule has 5 atom stereocenters. The summed E-state index contributed by atoms with van der Waals surface area (Å²) in [7, 11) is 0. The number of ether oxygens (including phenoxy) is 1. The minimum Gasteiger partial charge on any atom is -0.390 e. The average Bonchev–Trinajstić information content (AvgIpc) is 2.36. The molecule has 0 aromatic rings. The van der Waals surface area contributed by atoms with Crippen LogP contribution >= 0.6 is 0 Å². The zero-order valence-electron chi connectivity index (χ0n) is 6.92. The molecule has 3 N–H and O–H groups in total. The van der Waals surface area contributed by atoms with E-state index in [0.29, 0.717) is 0 Å². The largest absolute Gasteiger partial charge is 0.390 e. The molecule has 1 aliphatic heterocycles. The van der Waals surface area contributed by atoms with Gasteiger partial charge in [-0.15, -0.1) is 0 Å². The van der Waals surface area contributed by atoms with E-state index in [1.54, 1.807) is 0 Å². The molecule has 0 spiro atoms. The van der Waals surface area contributed by atoms with E-state index in [1.807, 2.05) is 6.07 Å². The van der Waals surface area contributed by atoms with Crippen LogP contribution in [0.3, 0.4) is 0 Å². The maximum absolute atomic E-state index is 9.85. The van der Waals surface area contributed by atoms with Crippen molar-refractivity contribution in [3.8, 4) is 6.07 Å². The Morgan fingerprint density at radius 1 is 1.38 bits per heavy atom. The molecule has 13 heavy (non-hydrogen) atoms. The summed E-state index contributed by atoms with van der Waals surface area (Å²) >= 11 is 0. The highest BCUT2D eigenvalue weighted by Gasteiger charge is 2.56. The van der Waals surface area contributed by atoms with E-state index in [9.17, 15) is 15.3 Å². The van der Waals surface area contributed by atoms with Crippen LogP contribution in [0, 0.1) is 11.3 Å². The van der Waals surface area contributed by atoms with Crippen LogP contribution in [0.15, 0.2) is 0 Å². The van der Waals surface area contributed by atoms with E-state index in [2.05, 4.69) is 0 Å². The summed E-state index contributed by atoms with van der Waals surface area (Å²) in [5.74, 6) is 0. The molecule has 1 heterocycles. The molecule has 2 bridgehead atoms. The second-order valence-electron chi connectivity index (χ2n) is 3.75. The highest BCUT2D eigenvalue weighted by molar-refractivity contribution is 5.12. The van der Waals surface area contributed by atoms with Gasteiger partial charge in [-0.3, -0.25) is 0 Å². The third kappa shape index (κ3) is 1.15. The summed E-state index contributed by atoms with van der Waals surface area (Å²) in [6.07, 6.45) is -3.30.